The van der Waals surface area contributed by atoms with Gasteiger partial charge in [-0.15, -0.1) is 0 Å². The fourth-order valence-electron chi connectivity index (χ4n) is 3.34. The Labute approximate surface area is 149 Å². The van der Waals surface area contributed by atoms with Crippen molar-refractivity contribution in [2.45, 2.75) is 6.04 Å². The van der Waals surface area contributed by atoms with Gasteiger partial charge in [-0.2, -0.15) is 0 Å². The maximum absolute atomic E-state index is 12.8. The molecule has 6 nitrogen and oxygen atoms in total. The minimum atomic E-state index is -0.385. The largest absolute Gasteiger partial charge is 0.332 e. The summed E-state index contributed by atoms with van der Waals surface area (Å²) in [5.74, 6) is 0. The Morgan fingerprint density at radius 2 is 1.35 bits per heavy atom. The summed E-state index contributed by atoms with van der Waals surface area (Å²) in [6.45, 7) is 0. The van der Waals surface area contributed by atoms with Crippen molar-refractivity contribution in [3.05, 3.63) is 99.0 Å². The fraction of sp³-hybridized carbons (Fsp3) is 0.150. The molecule has 0 unspecified atom stereocenters. The van der Waals surface area contributed by atoms with Crippen LogP contribution in [0.3, 0.4) is 0 Å². The van der Waals surface area contributed by atoms with E-state index >= 15 is 0 Å². The van der Waals surface area contributed by atoms with Gasteiger partial charge in [-0.05, 0) is 11.1 Å². The Morgan fingerprint density at radius 3 is 1.88 bits per heavy atom. The van der Waals surface area contributed by atoms with E-state index < -0.39 is 0 Å². The lowest BCUT2D eigenvalue weighted by atomic mass is 9.98. The first-order valence-corrected chi connectivity index (χ1v) is 8.32. The molecule has 0 amide bonds. The van der Waals surface area contributed by atoms with Crippen molar-refractivity contribution in [1.29, 1.82) is 0 Å². The van der Waals surface area contributed by atoms with E-state index in [1.165, 1.54) is 11.6 Å². The van der Waals surface area contributed by atoms with Gasteiger partial charge in [0.2, 0.25) is 0 Å². The molecule has 2 aromatic carbocycles. The molecule has 0 fully saturated rings. The van der Waals surface area contributed by atoms with Crippen LogP contribution < -0.4 is 11.2 Å². The Balaban J connectivity index is 2.08. The lowest BCUT2D eigenvalue weighted by Crippen LogP contribution is -2.37. The molecule has 2 heterocycles. The number of hydrogen-bond donors (Lipinski definition) is 0. The zero-order valence-corrected chi connectivity index (χ0v) is 14.5. The summed E-state index contributed by atoms with van der Waals surface area (Å²) in [6.07, 6.45) is 1.64. The highest BCUT2D eigenvalue weighted by atomic mass is 16.2. The first kappa shape index (κ1) is 16.1. The predicted octanol–water partition coefficient (Wildman–Crippen LogP) is 2.07. The smallest absolute Gasteiger partial charge is 0.313 e. The van der Waals surface area contributed by atoms with Crippen molar-refractivity contribution < 1.29 is 0 Å². The molecule has 0 aliphatic heterocycles. The molecule has 4 rings (SSSR count). The van der Waals surface area contributed by atoms with Crippen LogP contribution in [0.2, 0.25) is 0 Å². The van der Waals surface area contributed by atoms with Crippen molar-refractivity contribution in [2.75, 3.05) is 0 Å². The molecular weight excluding hydrogens is 328 g/mol. The van der Waals surface area contributed by atoms with E-state index in [0.29, 0.717) is 11.2 Å². The molecule has 2 aromatic heterocycles. The number of benzene rings is 2. The fourth-order valence-corrected chi connectivity index (χ4v) is 3.34. The maximum atomic E-state index is 12.8. The summed E-state index contributed by atoms with van der Waals surface area (Å²) >= 11 is 0. The van der Waals surface area contributed by atoms with E-state index in [2.05, 4.69) is 4.98 Å². The van der Waals surface area contributed by atoms with Gasteiger partial charge in [0.05, 0.1) is 12.4 Å². The van der Waals surface area contributed by atoms with Crippen LogP contribution in [0.25, 0.3) is 11.2 Å². The molecule has 0 radical (unpaired) electrons. The number of imidazole rings is 1. The summed E-state index contributed by atoms with van der Waals surface area (Å²) in [6, 6.07) is 19.7. The number of rotatable bonds is 3. The zero-order chi connectivity index (χ0) is 18.3. The number of nitrogens with zero attached hydrogens (tertiary/aromatic N) is 4. The Kier molecular flexibility index (Phi) is 3.80. The summed E-state index contributed by atoms with van der Waals surface area (Å²) < 4.78 is 4.37. The number of fused-ring (bicyclic) bond motifs is 1. The van der Waals surface area contributed by atoms with Crippen LogP contribution in [0.4, 0.5) is 0 Å². The molecule has 26 heavy (non-hydrogen) atoms. The van der Waals surface area contributed by atoms with Gasteiger partial charge >= 0.3 is 5.69 Å². The van der Waals surface area contributed by atoms with Crippen molar-refractivity contribution in [3.63, 3.8) is 0 Å². The first-order valence-electron chi connectivity index (χ1n) is 8.32. The molecule has 0 aliphatic carbocycles. The number of aromatic nitrogens is 4. The Hall–Kier alpha value is -3.41. The van der Waals surface area contributed by atoms with Crippen LogP contribution in [0.15, 0.2) is 76.6 Å². The molecule has 0 saturated heterocycles. The third-order valence-corrected chi connectivity index (χ3v) is 4.68. The van der Waals surface area contributed by atoms with E-state index in [1.54, 1.807) is 13.4 Å². The average molecular weight is 346 g/mol. The van der Waals surface area contributed by atoms with E-state index in [9.17, 15) is 9.59 Å². The second-order valence-electron chi connectivity index (χ2n) is 6.25. The molecule has 130 valence electrons. The van der Waals surface area contributed by atoms with E-state index in [1.807, 2.05) is 65.2 Å². The van der Waals surface area contributed by atoms with Crippen LogP contribution in [-0.2, 0) is 14.1 Å². The summed E-state index contributed by atoms with van der Waals surface area (Å²) in [5, 5.41) is 0. The lowest BCUT2D eigenvalue weighted by Gasteiger charge is -2.20. The quantitative estimate of drug-likeness (QED) is 0.570. The molecule has 0 bridgehead atoms. The van der Waals surface area contributed by atoms with Crippen LogP contribution in [0.5, 0.6) is 0 Å². The highest BCUT2D eigenvalue weighted by Gasteiger charge is 2.22. The van der Waals surface area contributed by atoms with Gasteiger partial charge in [0.25, 0.3) is 5.56 Å². The SMILES string of the molecule is Cn1c(=O)c2c(ncn2C(c2ccccc2)c2ccccc2)n(C)c1=O. The van der Waals surface area contributed by atoms with Crippen molar-refractivity contribution in [2.24, 2.45) is 14.1 Å². The standard InChI is InChI=1S/C20H18N4O2/c1-22-18-17(19(25)23(2)20(22)26)24(13-21-18)16(14-9-5-3-6-10-14)15-11-7-4-8-12-15/h3-13,16H,1-2H3. The third kappa shape index (κ3) is 2.38. The second-order valence-corrected chi connectivity index (χ2v) is 6.25. The van der Waals surface area contributed by atoms with Crippen molar-refractivity contribution in [3.8, 4) is 0 Å². The normalized spacial score (nSPS) is 11.3. The number of aryl methyl sites for hydroxylation is 1. The summed E-state index contributed by atoms with van der Waals surface area (Å²) in [7, 11) is 3.11. The Morgan fingerprint density at radius 1 is 0.808 bits per heavy atom. The van der Waals surface area contributed by atoms with Gasteiger partial charge in [-0.25, -0.2) is 9.78 Å². The summed E-state index contributed by atoms with van der Waals surface area (Å²) in [5.41, 5.74) is 2.13. The highest BCUT2D eigenvalue weighted by Crippen LogP contribution is 2.28. The minimum Gasteiger partial charge on any atom is -0.313 e. The molecule has 6 heteroatoms. The second kappa shape index (κ2) is 6.15. The monoisotopic (exact) mass is 346 g/mol. The van der Waals surface area contributed by atoms with Gasteiger partial charge in [0.15, 0.2) is 11.2 Å². The molecule has 0 saturated carbocycles. The molecule has 0 aliphatic rings. The maximum Gasteiger partial charge on any atom is 0.332 e. The van der Waals surface area contributed by atoms with Crippen LogP contribution in [0, 0.1) is 0 Å². The van der Waals surface area contributed by atoms with Gasteiger partial charge in [-0.3, -0.25) is 13.9 Å². The number of hydrogen-bond acceptors (Lipinski definition) is 3. The molecule has 0 N–H and O–H groups in total. The topological polar surface area (TPSA) is 61.8 Å². The van der Waals surface area contributed by atoms with Crippen molar-refractivity contribution in [1.82, 2.24) is 18.7 Å². The molecule has 0 atom stereocenters. The summed E-state index contributed by atoms with van der Waals surface area (Å²) in [4.78, 5) is 29.4. The minimum absolute atomic E-state index is 0.215. The Bertz CT molecular complexity index is 1150. The van der Waals surface area contributed by atoms with Crippen molar-refractivity contribution >= 4 is 11.2 Å². The molecular formula is C20H18N4O2. The van der Waals surface area contributed by atoms with E-state index in [-0.39, 0.29) is 17.3 Å². The van der Waals surface area contributed by atoms with E-state index in [0.717, 1.165) is 15.7 Å². The predicted molar refractivity (Wildman–Crippen MR) is 100 cm³/mol. The van der Waals surface area contributed by atoms with Crippen LogP contribution in [-0.4, -0.2) is 18.7 Å². The van der Waals surface area contributed by atoms with Crippen LogP contribution >= 0.6 is 0 Å². The first-order chi connectivity index (χ1) is 12.6. The molecule has 0 spiro atoms. The van der Waals surface area contributed by atoms with E-state index in [4.69, 9.17) is 0 Å². The highest BCUT2D eigenvalue weighted by molar-refractivity contribution is 5.70. The third-order valence-electron chi connectivity index (χ3n) is 4.68. The van der Waals surface area contributed by atoms with Gasteiger partial charge in [0, 0.05) is 14.1 Å². The lowest BCUT2D eigenvalue weighted by molar-refractivity contribution is 0.675. The average Bonchev–Trinajstić information content (AvgIpc) is 3.11. The van der Waals surface area contributed by atoms with Crippen LogP contribution in [0.1, 0.15) is 17.2 Å². The zero-order valence-electron chi connectivity index (χ0n) is 14.5. The van der Waals surface area contributed by atoms with Gasteiger partial charge in [0.1, 0.15) is 0 Å². The van der Waals surface area contributed by atoms with Gasteiger partial charge < -0.3 is 4.57 Å². The van der Waals surface area contributed by atoms with Gasteiger partial charge in [-0.1, -0.05) is 60.7 Å². The molecule has 4 aromatic rings.